The molecule has 0 unspecified atom stereocenters. The van der Waals surface area contributed by atoms with Crippen molar-refractivity contribution < 1.29 is 9.59 Å². The highest BCUT2D eigenvalue weighted by molar-refractivity contribution is 7.13. The molecule has 4 rings (SSSR count). The van der Waals surface area contributed by atoms with E-state index in [2.05, 4.69) is 10.3 Å². The van der Waals surface area contributed by atoms with E-state index in [9.17, 15) is 9.59 Å². The average molecular weight is 377 g/mol. The summed E-state index contributed by atoms with van der Waals surface area (Å²) in [6, 6.07) is 15.1. The summed E-state index contributed by atoms with van der Waals surface area (Å²) in [6.07, 6.45) is 1.45. The number of pyridine rings is 1. The summed E-state index contributed by atoms with van der Waals surface area (Å²) < 4.78 is 0. The first-order valence-electron chi connectivity index (χ1n) is 8.85. The van der Waals surface area contributed by atoms with Crippen molar-refractivity contribution in [3.63, 3.8) is 0 Å². The summed E-state index contributed by atoms with van der Waals surface area (Å²) in [5.74, 6) is -0.0784. The van der Waals surface area contributed by atoms with Gasteiger partial charge in [0.2, 0.25) is 5.91 Å². The Morgan fingerprint density at radius 3 is 2.78 bits per heavy atom. The second kappa shape index (κ2) is 7.32. The van der Waals surface area contributed by atoms with E-state index in [1.54, 1.807) is 22.3 Å². The number of hydrogen-bond acceptors (Lipinski definition) is 4. The van der Waals surface area contributed by atoms with Gasteiger partial charge in [-0.25, -0.2) is 0 Å². The average Bonchev–Trinajstić information content (AvgIpc) is 3.33. The molecule has 0 atom stereocenters. The molecule has 2 amide bonds. The second-order valence-corrected chi connectivity index (χ2v) is 7.41. The monoisotopic (exact) mass is 377 g/mol. The fourth-order valence-corrected chi connectivity index (χ4v) is 3.93. The van der Waals surface area contributed by atoms with Gasteiger partial charge in [-0.2, -0.15) is 0 Å². The molecular weight excluding hydrogens is 358 g/mol. The van der Waals surface area contributed by atoms with E-state index in [0.717, 1.165) is 29.2 Å². The van der Waals surface area contributed by atoms with Crippen LogP contribution in [0.3, 0.4) is 0 Å². The predicted octanol–water partition coefficient (Wildman–Crippen LogP) is 4.50. The molecule has 0 aliphatic carbocycles. The van der Waals surface area contributed by atoms with E-state index >= 15 is 0 Å². The van der Waals surface area contributed by atoms with E-state index in [4.69, 9.17) is 0 Å². The summed E-state index contributed by atoms with van der Waals surface area (Å²) in [4.78, 5) is 32.0. The van der Waals surface area contributed by atoms with Gasteiger partial charge in [0.1, 0.15) is 0 Å². The van der Waals surface area contributed by atoms with Crippen LogP contribution < -0.4 is 10.2 Å². The Kier molecular flexibility index (Phi) is 4.73. The molecule has 5 nitrogen and oxygen atoms in total. The zero-order chi connectivity index (χ0) is 18.8. The van der Waals surface area contributed by atoms with Crippen molar-refractivity contribution in [1.29, 1.82) is 0 Å². The highest BCUT2D eigenvalue weighted by Crippen LogP contribution is 2.26. The molecule has 0 radical (unpaired) electrons. The van der Waals surface area contributed by atoms with Crippen LogP contribution in [-0.4, -0.2) is 23.3 Å². The van der Waals surface area contributed by atoms with Crippen LogP contribution in [0.15, 0.2) is 53.9 Å². The maximum absolute atomic E-state index is 12.7. The Bertz CT molecular complexity index is 998. The minimum absolute atomic E-state index is 0.127. The first-order chi connectivity index (χ1) is 13.1. The number of rotatable bonds is 4. The molecule has 3 heterocycles. The number of carbonyl (C=O) groups excluding carboxylic acids is 2. The minimum Gasteiger partial charge on any atom is -0.322 e. The van der Waals surface area contributed by atoms with Crippen LogP contribution in [0, 0.1) is 6.92 Å². The van der Waals surface area contributed by atoms with E-state index in [-0.39, 0.29) is 11.8 Å². The summed E-state index contributed by atoms with van der Waals surface area (Å²) in [6.45, 7) is 2.56. The minimum atomic E-state index is -0.206. The molecule has 0 spiro atoms. The van der Waals surface area contributed by atoms with E-state index < -0.39 is 0 Å². The third-order valence-electron chi connectivity index (χ3n) is 4.59. The van der Waals surface area contributed by atoms with Crippen molar-refractivity contribution in [2.45, 2.75) is 19.8 Å². The van der Waals surface area contributed by atoms with E-state index in [0.29, 0.717) is 23.4 Å². The zero-order valence-corrected chi connectivity index (χ0v) is 15.8. The number of benzene rings is 1. The number of aromatic nitrogens is 1. The van der Waals surface area contributed by atoms with Gasteiger partial charge in [0.15, 0.2) is 0 Å². The van der Waals surface area contributed by atoms with Gasteiger partial charge >= 0.3 is 0 Å². The Morgan fingerprint density at radius 1 is 1.19 bits per heavy atom. The summed E-state index contributed by atoms with van der Waals surface area (Å²) >= 11 is 1.62. The maximum atomic E-state index is 12.7. The van der Waals surface area contributed by atoms with Crippen LogP contribution >= 0.6 is 11.3 Å². The number of nitrogens with one attached hydrogen (secondary N) is 1. The molecule has 0 saturated carbocycles. The van der Waals surface area contributed by atoms with Gasteiger partial charge in [-0.05, 0) is 55.1 Å². The van der Waals surface area contributed by atoms with Gasteiger partial charge in [-0.1, -0.05) is 12.1 Å². The lowest BCUT2D eigenvalue weighted by molar-refractivity contribution is -0.117. The van der Waals surface area contributed by atoms with Crippen LogP contribution in [0.25, 0.3) is 10.6 Å². The Balaban J connectivity index is 1.53. The maximum Gasteiger partial charge on any atom is 0.257 e. The first kappa shape index (κ1) is 17.4. The second-order valence-electron chi connectivity index (χ2n) is 6.46. The topological polar surface area (TPSA) is 62.3 Å². The molecule has 6 heteroatoms. The van der Waals surface area contributed by atoms with Crippen molar-refractivity contribution in [1.82, 2.24) is 4.98 Å². The van der Waals surface area contributed by atoms with Crippen molar-refractivity contribution >= 4 is 34.5 Å². The molecule has 1 saturated heterocycles. The standard InChI is InChI=1S/C21H19N3O2S/c1-14-17(9-10-18(22-14)19-7-4-12-27-19)21(26)23-15-5-2-6-16(13-15)24-11-3-8-20(24)25/h2,4-7,9-10,12-13H,3,8,11H2,1H3,(H,23,26). The largest absolute Gasteiger partial charge is 0.322 e. The number of anilines is 2. The Hall–Kier alpha value is -2.99. The molecular formula is C21H19N3O2S. The number of aryl methyl sites for hydroxylation is 1. The third kappa shape index (κ3) is 3.61. The summed E-state index contributed by atoms with van der Waals surface area (Å²) in [5.41, 5.74) is 3.58. The molecule has 1 aliphatic rings. The van der Waals surface area contributed by atoms with E-state index in [1.807, 2.05) is 54.8 Å². The van der Waals surface area contributed by atoms with Gasteiger partial charge in [-0.3, -0.25) is 14.6 Å². The van der Waals surface area contributed by atoms with Gasteiger partial charge < -0.3 is 10.2 Å². The molecule has 2 aromatic heterocycles. The number of carbonyl (C=O) groups is 2. The van der Waals surface area contributed by atoms with Gasteiger partial charge in [0, 0.05) is 24.3 Å². The highest BCUT2D eigenvalue weighted by Gasteiger charge is 2.22. The Morgan fingerprint density at radius 2 is 2.07 bits per heavy atom. The van der Waals surface area contributed by atoms with Gasteiger partial charge in [-0.15, -0.1) is 11.3 Å². The van der Waals surface area contributed by atoms with Crippen molar-refractivity contribution in [3.05, 3.63) is 65.2 Å². The lowest BCUT2D eigenvalue weighted by atomic mass is 10.1. The highest BCUT2D eigenvalue weighted by atomic mass is 32.1. The molecule has 136 valence electrons. The third-order valence-corrected chi connectivity index (χ3v) is 5.49. The Labute approximate surface area is 161 Å². The number of hydrogen-bond donors (Lipinski definition) is 1. The molecule has 0 bridgehead atoms. The number of amides is 2. The number of nitrogens with zero attached hydrogens (tertiary/aromatic N) is 2. The van der Waals surface area contributed by atoms with Gasteiger partial charge in [0.25, 0.3) is 5.91 Å². The van der Waals surface area contributed by atoms with Crippen molar-refractivity contribution in [2.75, 3.05) is 16.8 Å². The lowest BCUT2D eigenvalue weighted by Gasteiger charge is -2.17. The summed E-state index contributed by atoms with van der Waals surface area (Å²) in [5, 5.41) is 4.92. The molecule has 1 N–H and O–H groups in total. The quantitative estimate of drug-likeness (QED) is 0.728. The van der Waals surface area contributed by atoms with Crippen LogP contribution in [0.1, 0.15) is 28.9 Å². The summed E-state index contributed by atoms with van der Waals surface area (Å²) in [7, 11) is 0. The zero-order valence-electron chi connectivity index (χ0n) is 14.9. The van der Waals surface area contributed by atoms with Crippen LogP contribution in [0.5, 0.6) is 0 Å². The van der Waals surface area contributed by atoms with Crippen molar-refractivity contribution in [2.24, 2.45) is 0 Å². The first-order valence-corrected chi connectivity index (χ1v) is 9.73. The predicted molar refractivity (Wildman–Crippen MR) is 108 cm³/mol. The molecule has 1 aromatic carbocycles. The van der Waals surface area contributed by atoms with Crippen LogP contribution in [0.4, 0.5) is 11.4 Å². The molecule has 27 heavy (non-hydrogen) atoms. The lowest BCUT2D eigenvalue weighted by Crippen LogP contribution is -2.23. The van der Waals surface area contributed by atoms with Gasteiger partial charge in [0.05, 0.1) is 21.8 Å². The SMILES string of the molecule is Cc1nc(-c2cccs2)ccc1C(=O)Nc1cccc(N2CCCC2=O)c1. The molecule has 3 aromatic rings. The number of thiophene rings is 1. The normalized spacial score (nSPS) is 13.8. The van der Waals surface area contributed by atoms with E-state index in [1.165, 1.54) is 0 Å². The fourth-order valence-electron chi connectivity index (χ4n) is 3.23. The fraction of sp³-hybridized carbons (Fsp3) is 0.190. The smallest absolute Gasteiger partial charge is 0.257 e. The molecule has 1 aliphatic heterocycles. The molecule has 1 fully saturated rings. The van der Waals surface area contributed by atoms with Crippen LogP contribution in [-0.2, 0) is 4.79 Å². The van der Waals surface area contributed by atoms with Crippen LogP contribution in [0.2, 0.25) is 0 Å². The van der Waals surface area contributed by atoms with Crippen molar-refractivity contribution in [3.8, 4) is 10.6 Å².